The fraction of sp³-hybridized carbons (Fsp3) is 0. The minimum atomic E-state index is 0.574. The van der Waals surface area contributed by atoms with Gasteiger partial charge in [-0.15, -0.1) is 0 Å². The predicted octanol–water partition coefficient (Wildman–Crippen LogP) is 11.8. The van der Waals surface area contributed by atoms with E-state index in [2.05, 4.69) is 144 Å². The number of benzene rings is 8. The van der Waals surface area contributed by atoms with Crippen molar-refractivity contribution in [1.29, 1.82) is 0 Å². The molecule has 0 saturated heterocycles. The lowest BCUT2D eigenvalue weighted by Crippen LogP contribution is -2.03. The molecule has 0 spiro atoms. The fourth-order valence-electron chi connectivity index (χ4n) is 7.85. The van der Waals surface area contributed by atoms with Gasteiger partial charge in [0.05, 0.1) is 22.1 Å². The first-order valence-electron chi connectivity index (χ1n) is 16.3. The van der Waals surface area contributed by atoms with Crippen LogP contribution in [0.4, 0.5) is 0 Å². The van der Waals surface area contributed by atoms with Crippen molar-refractivity contribution in [2.24, 2.45) is 0 Å². The van der Waals surface area contributed by atoms with Crippen molar-refractivity contribution in [1.82, 2.24) is 14.5 Å². The zero-order valence-corrected chi connectivity index (χ0v) is 25.7. The molecule has 0 atom stereocenters. The minimum Gasteiger partial charge on any atom is -0.437 e. The maximum absolute atomic E-state index is 6.55. The summed E-state index contributed by atoms with van der Waals surface area (Å²) < 4.78 is 8.78. The topological polar surface area (TPSA) is 43.9 Å². The van der Waals surface area contributed by atoms with Gasteiger partial charge in [-0.3, -0.25) is 4.57 Å². The molecule has 0 bridgehead atoms. The third kappa shape index (κ3) is 3.49. The van der Waals surface area contributed by atoms with E-state index < -0.39 is 0 Å². The highest BCUT2D eigenvalue weighted by Crippen LogP contribution is 2.43. The van der Waals surface area contributed by atoms with Crippen LogP contribution in [0.1, 0.15) is 0 Å². The molecule has 4 nitrogen and oxygen atoms in total. The number of nitrogens with zero attached hydrogens (tertiary/aromatic N) is 3. The van der Waals surface area contributed by atoms with Gasteiger partial charge in [0, 0.05) is 21.7 Å². The van der Waals surface area contributed by atoms with Crippen LogP contribution in [0.2, 0.25) is 0 Å². The minimum absolute atomic E-state index is 0.574. The number of aromatic nitrogens is 3. The van der Waals surface area contributed by atoms with E-state index in [1.165, 1.54) is 48.5 Å². The van der Waals surface area contributed by atoms with Crippen molar-refractivity contribution < 1.29 is 4.42 Å². The van der Waals surface area contributed by atoms with E-state index in [-0.39, 0.29) is 0 Å². The molecule has 11 rings (SSSR count). The Morgan fingerprint density at radius 3 is 1.90 bits per heavy atom. The molecular formula is C44H25N3O. The number of fused-ring (bicyclic) bond motifs is 12. The summed E-state index contributed by atoms with van der Waals surface area (Å²) in [7, 11) is 0. The number of para-hydroxylation sites is 1. The Kier molecular flexibility index (Phi) is 5.08. The summed E-state index contributed by atoms with van der Waals surface area (Å²) in [6.07, 6.45) is 0. The van der Waals surface area contributed by atoms with Crippen molar-refractivity contribution >= 4 is 87.0 Å². The molecule has 222 valence electrons. The van der Waals surface area contributed by atoms with Gasteiger partial charge >= 0.3 is 0 Å². The second-order valence-corrected chi connectivity index (χ2v) is 12.6. The van der Waals surface area contributed by atoms with E-state index >= 15 is 0 Å². The van der Waals surface area contributed by atoms with E-state index in [4.69, 9.17) is 14.4 Å². The summed E-state index contributed by atoms with van der Waals surface area (Å²) in [6.45, 7) is 0. The van der Waals surface area contributed by atoms with Gasteiger partial charge < -0.3 is 4.42 Å². The maximum Gasteiger partial charge on any atom is 0.238 e. The molecule has 8 aromatic carbocycles. The van der Waals surface area contributed by atoms with Crippen LogP contribution in [0.5, 0.6) is 0 Å². The van der Waals surface area contributed by atoms with Gasteiger partial charge in [0.1, 0.15) is 5.58 Å². The highest BCUT2D eigenvalue weighted by molar-refractivity contribution is 6.23. The molecule has 0 aliphatic heterocycles. The van der Waals surface area contributed by atoms with Crippen LogP contribution >= 0.6 is 0 Å². The summed E-state index contributed by atoms with van der Waals surface area (Å²) in [5.41, 5.74) is 5.41. The Morgan fingerprint density at radius 1 is 0.417 bits per heavy atom. The van der Waals surface area contributed by atoms with Gasteiger partial charge in [-0.1, -0.05) is 121 Å². The van der Waals surface area contributed by atoms with Gasteiger partial charge in [0.25, 0.3) is 0 Å². The zero-order valence-electron chi connectivity index (χ0n) is 25.7. The van der Waals surface area contributed by atoms with Crippen LogP contribution < -0.4 is 0 Å². The van der Waals surface area contributed by atoms with Crippen molar-refractivity contribution in [2.75, 3.05) is 0 Å². The summed E-state index contributed by atoms with van der Waals surface area (Å²) >= 11 is 0. The summed E-state index contributed by atoms with van der Waals surface area (Å²) in [4.78, 5) is 10.8. The lowest BCUT2D eigenvalue weighted by atomic mass is 9.94. The van der Waals surface area contributed by atoms with Crippen LogP contribution in [0.25, 0.3) is 104 Å². The molecule has 0 radical (unpaired) electrons. The van der Waals surface area contributed by atoms with Crippen LogP contribution in [0.15, 0.2) is 156 Å². The molecule has 3 heterocycles. The second kappa shape index (κ2) is 9.50. The summed E-state index contributed by atoms with van der Waals surface area (Å²) in [6, 6.07) is 53.8. The molecule has 0 fully saturated rings. The number of hydrogen-bond acceptors (Lipinski definition) is 3. The van der Waals surface area contributed by atoms with Crippen LogP contribution in [0.3, 0.4) is 0 Å². The third-order valence-electron chi connectivity index (χ3n) is 9.97. The lowest BCUT2D eigenvalue weighted by molar-refractivity contribution is 0.651. The number of rotatable bonds is 2. The van der Waals surface area contributed by atoms with Crippen LogP contribution in [-0.2, 0) is 0 Å². The van der Waals surface area contributed by atoms with Crippen molar-refractivity contribution in [3.05, 3.63) is 152 Å². The molecule has 0 aliphatic rings. The molecule has 0 aliphatic carbocycles. The quantitative estimate of drug-likeness (QED) is 0.183. The van der Waals surface area contributed by atoms with Crippen molar-refractivity contribution in [2.45, 2.75) is 0 Å². The Bertz CT molecular complexity index is 3130. The molecule has 0 N–H and O–H groups in total. The van der Waals surface area contributed by atoms with Gasteiger partial charge in [0.15, 0.2) is 0 Å². The highest BCUT2D eigenvalue weighted by atomic mass is 16.3. The van der Waals surface area contributed by atoms with E-state index in [1.54, 1.807) is 0 Å². The molecule has 11 aromatic rings. The Labute approximate surface area is 274 Å². The smallest absolute Gasteiger partial charge is 0.238 e. The second-order valence-electron chi connectivity index (χ2n) is 12.6. The Hall–Kier alpha value is -6.52. The summed E-state index contributed by atoms with van der Waals surface area (Å²) in [5.74, 6) is 0.583. The van der Waals surface area contributed by atoms with E-state index in [0.717, 1.165) is 44.0 Å². The molecular weight excluding hydrogens is 587 g/mol. The maximum atomic E-state index is 6.55. The fourth-order valence-corrected chi connectivity index (χ4v) is 7.85. The molecule has 4 heteroatoms. The Balaban J connectivity index is 1.34. The van der Waals surface area contributed by atoms with Gasteiger partial charge in [-0.25, -0.2) is 4.98 Å². The summed E-state index contributed by atoms with van der Waals surface area (Å²) in [5, 5.41) is 13.8. The average Bonchev–Trinajstić information content (AvgIpc) is 3.68. The van der Waals surface area contributed by atoms with E-state index in [1.807, 2.05) is 12.1 Å². The molecule has 48 heavy (non-hydrogen) atoms. The molecule has 0 unspecified atom stereocenters. The monoisotopic (exact) mass is 611 g/mol. The van der Waals surface area contributed by atoms with Crippen LogP contribution in [-0.4, -0.2) is 14.5 Å². The highest BCUT2D eigenvalue weighted by Gasteiger charge is 2.23. The van der Waals surface area contributed by atoms with Crippen LogP contribution in [0, 0.1) is 0 Å². The van der Waals surface area contributed by atoms with Crippen molar-refractivity contribution in [3.8, 4) is 17.2 Å². The largest absolute Gasteiger partial charge is 0.437 e. The van der Waals surface area contributed by atoms with Gasteiger partial charge in [-0.2, -0.15) is 4.98 Å². The van der Waals surface area contributed by atoms with Gasteiger partial charge in [-0.05, 0) is 73.4 Å². The van der Waals surface area contributed by atoms with E-state index in [9.17, 15) is 0 Å². The first-order chi connectivity index (χ1) is 23.8. The average molecular weight is 612 g/mol. The van der Waals surface area contributed by atoms with E-state index in [0.29, 0.717) is 11.7 Å². The Morgan fingerprint density at radius 2 is 1.06 bits per heavy atom. The SMILES string of the molecule is c1ccc2cc3c(cc2c1)c1c2ccccc2ccc1n3-c1nc(-c2cc3ccccc3c3ccccc23)c2c(n1)oc1ccccc12. The third-order valence-corrected chi connectivity index (χ3v) is 9.97. The van der Waals surface area contributed by atoms with Gasteiger partial charge in [0.2, 0.25) is 11.7 Å². The number of hydrogen-bond donors (Lipinski definition) is 0. The normalized spacial score (nSPS) is 12.2. The molecule has 3 aromatic heterocycles. The number of furan rings is 1. The van der Waals surface area contributed by atoms with Crippen molar-refractivity contribution in [3.63, 3.8) is 0 Å². The predicted molar refractivity (Wildman–Crippen MR) is 199 cm³/mol. The first-order valence-corrected chi connectivity index (χ1v) is 16.3. The zero-order chi connectivity index (χ0) is 31.3. The molecule has 0 saturated carbocycles. The lowest BCUT2D eigenvalue weighted by Gasteiger charge is -2.13. The molecule has 0 amide bonds. The first kappa shape index (κ1) is 25.6. The standard InChI is InChI=1S/C44H25N3O/c1-2-13-28-25-38-36(23-27(28)12-1)40-31-16-6-3-11-26(31)21-22-37(40)47(38)44-45-42(41-34-19-9-10-20-39(34)48-43(41)46-44)35-24-29-14-4-5-15-30(29)32-17-7-8-18-33(32)35/h1-25H.